The van der Waals surface area contributed by atoms with Crippen LogP contribution in [0.5, 0.6) is 11.5 Å². The van der Waals surface area contributed by atoms with E-state index >= 15 is 0 Å². The van der Waals surface area contributed by atoms with E-state index in [1.54, 1.807) is 7.11 Å². The van der Waals surface area contributed by atoms with Crippen LogP contribution in [0.4, 0.5) is 0 Å². The molecule has 0 bridgehead atoms. The molecule has 0 heterocycles. The van der Waals surface area contributed by atoms with E-state index in [-0.39, 0.29) is 18.2 Å². The van der Waals surface area contributed by atoms with Gasteiger partial charge in [0.1, 0.15) is 6.10 Å². The Morgan fingerprint density at radius 1 is 1.25 bits per heavy atom. The van der Waals surface area contributed by atoms with Gasteiger partial charge in [0.05, 0.1) is 13.2 Å². The summed E-state index contributed by atoms with van der Waals surface area (Å²) in [7, 11) is 3.58. The van der Waals surface area contributed by atoms with Crippen LogP contribution in [0.2, 0.25) is 0 Å². The predicted octanol–water partition coefficient (Wildman–Crippen LogP) is 2.66. The van der Waals surface area contributed by atoms with Crippen LogP contribution in [-0.2, 0) is 0 Å². The number of rotatable bonds is 5. The van der Waals surface area contributed by atoms with Crippen molar-refractivity contribution in [3.63, 3.8) is 0 Å². The normalized spacial score (nSPS) is 24.2. The number of methoxy groups -OCH3 is 1. The summed E-state index contributed by atoms with van der Waals surface area (Å²) in [6, 6.07) is 6.22. The van der Waals surface area contributed by atoms with Gasteiger partial charge < -0.3 is 19.9 Å². The molecule has 1 saturated carbocycles. The van der Waals surface area contributed by atoms with Crippen molar-refractivity contribution in [2.24, 2.45) is 0 Å². The number of benzene rings is 1. The third-order valence-electron chi connectivity index (χ3n) is 4.07. The van der Waals surface area contributed by atoms with Crippen molar-refractivity contribution in [1.29, 1.82) is 0 Å². The zero-order valence-corrected chi connectivity index (χ0v) is 12.6. The van der Waals surface area contributed by atoms with Gasteiger partial charge in [-0.15, -0.1) is 0 Å². The quantitative estimate of drug-likeness (QED) is 0.870. The standard InChI is InChI=1S/C16H25NO3/c1-11(17-2)12-8-9-15(16(10-12)19-3)20-14-7-5-4-6-13(14)18/h8-11,13-14,17-18H,4-7H2,1-3H3. The summed E-state index contributed by atoms with van der Waals surface area (Å²) >= 11 is 0. The Hall–Kier alpha value is -1.26. The van der Waals surface area contributed by atoms with E-state index in [0.717, 1.165) is 37.0 Å². The Balaban J connectivity index is 2.14. The number of hydrogen-bond acceptors (Lipinski definition) is 4. The smallest absolute Gasteiger partial charge is 0.161 e. The van der Waals surface area contributed by atoms with Gasteiger partial charge in [-0.2, -0.15) is 0 Å². The van der Waals surface area contributed by atoms with Crippen LogP contribution in [0.15, 0.2) is 18.2 Å². The molecule has 112 valence electrons. The molecule has 2 rings (SSSR count). The Morgan fingerprint density at radius 2 is 2.00 bits per heavy atom. The molecular weight excluding hydrogens is 254 g/mol. The number of hydrogen-bond donors (Lipinski definition) is 2. The second-order valence-electron chi connectivity index (χ2n) is 5.43. The second-order valence-corrected chi connectivity index (χ2v) is 5.43. The van der Waals surface area contributed by atoms with Gasteiger partial charge in [0.25, 0.3) is 0 Å². The molecule has 4 nitrogen and oxygen atoms in total. The second kappa shape index (κ2) is 6.95. The van der Waals surface area contributed by atoms with E-state index in [9.17, 15) is 5.11 Å². The van der Waals surface area contributed by atoms with Crippen molar-refractivity contribution < 1.29 is 14.6 Å². The molecule has 0 saturated heterocycles. The van der Waals surface area contributed by atoms with E-state index in [1.807, 2.05) is 25.2 Å². The Bertz CT molecular complexity index is 436. The average molecular weight is 279 g/mol. The summed E-state index contributed by atoms with van der Waals surface area (Å²) in [5.74, 6) is 1.44. The van der Waals surface area contributed by atoms with Crippen LogP contribution in [0.1, 0.15) is 44.2 Å². The summed E-state index contributed by atoms with van der Waals surface area (Å²) in [5.41, 5.74) is 1.15. The first-order valence-electron chi connectivity index (χ1n) is 7.35. The molecule has 3 unspecified atom stereocenters. The maximum absolute atomic E-state index is 10.00. The van der Waals surface area contributed by atoms with Gasteiger partial charge in [0, 0.05) is 6.04 Å². The van der Waals surface area contributed by atoms with Gasteiger partial charge >= 0.3 is 0 Å². The van der Waals surface area contributed by atoms with Gasteiger partial charge in [-0.3, -0.25) is 0 Å². The maximum atomic E-state index is 10.00. The molecule has 4 heteroatoms. The summed E-state index contributed by atoms with van der Waals surface area (Å²) in [5, 5.41) is 13.2. The molecule has 2 N–H and O–H groups in total. The van der Waals surface area contributed by atoms with Crippen LogP contribution in [-0.4, -0.2) is 31.5 Å². The maximum Gasteiger partial charge on any atom is 0.161 e. The fraction of sp³-hybridized carbons (Fsp3) is 0.625. The third kappa shape index (κ3) is 3.44. The molecule has 1 aromatic rings. The van der Waals surface area contributed by atoms with Crippen molar-refractivity contribution in [1.82, 2.24) is 5.32 Å². The van der Waals surface area contributed by atoms with Crippen molar-refractivity contribution in [2.75, 3.05) is 14.2 Å². The first-order chi connectivity index (χ1) is 9.65. The summed E-state index contributed by atoms with van der Waals surface area (Å²) < 4.78 is 11.4. The van der Waals surface area contributed by atoms with Gasteiger partial charge in [0.15, 0.2) is 11.5 Å². The monoisotopic (exact) mass is 279 g/mol. The molecule has 0 spiro atoms. The first-order valence-corrected chi connectivity index (χ1v) is 7.35. The largest absolute Gasteiger partial charge is 0.493 e. The predicted molar refractivity (Wildman–Crippen MR) is 79.4 cm³/mol. The first kappa shape index (κ1) is 15.1. The highest BCUT2D eigenvalue weighted by molar-refractivity contribution is 5.44. The van der Waals surface area contributed by atoms with Crippen molar-refractivity contribution in [2.45, 2.75) is 50.9 Å². The summed E-state index contributed by atoms with van der Waals surface area (Å²) in [6.45, 7) is 2.10. The van der Waals surface area contributed by atoms with E-state index in [1.165, 1.54) is 0 Å². The molecule has 0 radical (unpaired) electrons. The van der Waals surface area contributed by atoms with Crippen molar-refractivity contribution in [3.05, 3.63) is 23.8 Å². The average Bonchev–Trinajstić information content (AvgIpc) is 2.49. The number of ether oxygens (including phenoxy) is 2. The van der Waals surface area contributed by atoms with Crippen molar-refractivity contribution >= 4 is 0 Å². The molecular formula is C16H25NO3. The molecule has 20 heavy (non-hydrogen) atoms. The molecule has 1 aromatic carbocycles. The lowest BCUT2D eigenvalue weighted by atomic mass is 9.95. The highest BCUT2D eigenvalue weighted by atomic mass is 16.5. The lowest BCUT2D eigenvalue weighted by Crippen LogP contribution is -2.34. The molecule has 1 aliphatic rings. The van der Waals surface area contributed by atoms with E-state index in [4.69, 9.17) is 9.47 Å². The van der Waals surface area contributed by atoms with Crippen LogP contribution < -0.4 is 14.8 Å². The van der Waals surface area contributed by atoms with Gasteiger partial charge in [-0.05, 0) is 50.9 Å². The third-order valence-corrected chi connectivity index (χ3v) is 4.07. The SMILES string of the molecule is CNC(C)c1ccc(OC2CCCCC2O)c(OC)c1. The van der Waals surface area contributed by atoms with Crippen molar-refractivity contribution in [3.8, 4) is 11.5 Å². The lowest BCUT2D eigenvalue weighted by Gasteiger charge is -2.29. The molecule has 1 aliphatic carbocycles. The topological polar surface area (TPSA) is 50.7 Å². The Kier molecular flexibility index (Phi) is 5.26. The Morgan fingerprint density at radius 3 is 2.65 bits per heavy atom. The fourth-order valence-electron chi connectivity index (χ4n) is 2.60. The van der Waals surface area contributed by atoms with Gasteiger partial charge in [0.2, 0.25) is 0 Å². The Labute approximate surface area is 121 Å². The number of aliphatic hydroxyl groups is 1. The molecule has 0 aliphatic heterocycles. The zero-order valence-electron chi connectivity index (χ0n) is 12.6. The highest BCUT2D eigenvalue weighted by Gasteiger charge is 2.25. The number of aliphatic hydroxyl groups excluding tert-OH is 1. The van der Waals surface area contributed by atoms with E-state index < -0.39 is 0 Å². The number of nitrogens with one attached hydrogen (secondary N) is 1. The summed E-state index contributed by atoms with van der Waals surface area (Å²) in [6.07, 6.45) is 3.42. The fourth-order valence-corrected chi connectivity index (χ4v) is 2.60. The van der Waals surface area contributed by atoms with Crippen LogP contribution >= 0.6 is 0 Å². The molecule has 1 fully saturated rings. The van der Waals surface area contributed by atoms with Crippen LogP contribution in [0.3, 0.4) is 0 Å². The van der Waals surface area contributed by atoms with E-state index in [0.29, 0.717) is 5.75 Å². The van der Waals surface area contributed by atoms with Crippen LogP contribution in [0.25, 0.3) is 0 Å². The minimum Gasteiger partial charge on any atom is -0.493 e. The molecule has 3 atom stereocenters. The minimum absolute atomic E-state index is 0.120. The van der Waals surface area contributed by atoms with Gasteiger partial charge in [-0.1, -0.05) is 12.5 Å². The van der Waals surface area contributed by atoms with E-state index in [2.05, 4.69) is 12.2 Å². The molecule has 0 amide bonds. The zero-order chi connectivity index (χ0) is 14.5. The highest BCUT2D eigenvalue weighted by Crippen LogP contribution is 2.33. The van der Waals surface area contributed by atoms with Crippen LogP contribution in [0, 0.1) is 0 Å². The summed E-state index contributed by atoms with van der Waals surface area (Å²) in [4.78, 5) is 0. The lowest BCUT2D eigenvalue weighted by molar-refractivity contribution is 0.00566. The minimum atomic E-state index is -0.371. The molecule has 0 aromatic heterocycles. The van der Waals surface area contributed by atoms with Gasteiger partial charge in [-0.25, -0.2) is 0 Å².